The van der Waals surface area contributed by atoms with Gasteiger partial charge in [-0.1, -0.05) is 66.7 Å². The van der Waals surface area contributed by atoms with Crippen molar-refractivity contribution in [3.8, 4) is 0 Å². The molecule has 7 rings (SSSR count). The van der Waals surface area contributed by atoms with Crippen molar-refractivity contribution in [1.82, 2.24) is 30.2 Å². The van der Waals surface area contributed by atoms with Crippen LogP contribution >= 0.6 is 12.4 Å². The van der Waals surface area contributed by atoms with Crippen molar-refractivity contribution in [2.24, 2.45) is 5.14 Å². The third kappa shape index (κ3) is 8.85. The van der Waals surface area contributed by atoms with E-state index in [4.69, 9.17) is 15.1 Å². The Kier molecular flexibility index (Phi) is 12.4. The number of halogens is 1. The van der Waals surface area contributed by atoms with E-state index in [9.17, 15) is 33.3 Å². The zero-order valence-corrected chi connectivity index (χ0v) is 31.6. The van der Waals surface area contributed by atoms with Crippen LogP contribution in [0.25, 0.3) is 11.2 Å². The number of imidazole rings is 1. The maximum absolute atomic E-state index is 13.0. The van der Waals surface area contributed by atoms with Crippen molar-refractivity contribution < 1.29 is 33.3 Å². The van der Waals surface area contributed by atoms with Crippen LogP contribution < -0.4 is 31.3 Å². The lowest BCUT2D eigenvalue weighted by atomic mass is 9.91. The molecule has 0 radical (unpaired) electrons. The summed E-state index contributed by atoms with van der Waals surface area (Å²) in [5.74, 6) is 0.0667. The molecule has 3 heterocycles. The molecule has 3 amide bonds. The molecule has 2 aliphatic rings. The summed E-state index contributed by atoms with van der Waals surface area (Å²) in [6.07, 6.45) is -0.343. The van der Waals surface area contributed by atoms with E-state index >= 15 is 0 Å². The van der Waals surface area contributed by atoms with Gasteiger partial charge in [0.15, 0.2) is 17.0 Å². The first-order chi connectivity index (χ1) is 26.5. The van der Waals surface area contributed by atoms with E-state index < -0.39 is 52.9 Å². The largest absolute Gasteiger partial charge is 0.388 e. The summed E-state index contributed by atoms with van der Waals surface area (Å²) in [7, 11) is -3.95. The van der Waals surface area contributed by atoms with Crippen LogP contribution in [0, 0.1) is 0 Å². The number of hydrogen-bond donors (Lipinski definition) is 8. The normalized spacial score (nSPS) is 20.8. The van der Waals surface area contributed by atoms with Gasteiger partial charge in [0.25, 0.3) is 0 Å². The van der Waals surface area contributed by atoms with Crippen LogP contribution in [0.3, 0.4) is 0 Å². The minimum absolute atomic E-state index is 0. The molecule has 5 atom stereocenters. The second-order valence-corrected chi connectivity index (χ2v) is 15.2. The fraction of sp³-hybridized carbons (Fsp3) is 0.324. The van der Waals surface area contributed by atoms with Gasteiger partial charge >= 0.3 is 6.03 Å². The number of rotatable bonds is 12. The summed E-state index contributed by atoms with van der Waals surface area (Å²) < 4.78 is 25.2. The molecular weight excluding hydrogens is 764 g/mol. The minimum atomic E-state index is -3.95. The average Bonchev–Trinajstić information content (AvgIpc) is 3.90. The second-order valence-electron chi connectivity index (χ2n) is 13.7. The van der Waals surface area contributed by atoms with Gasteiger partial charge in [-0.05, 0) is 42.2 Å². The number of aliphatic hydroxyl groups excluding tert-OH is 3. The van der Waals surface area contributed by atoms with Gasteiger partial charge in [0.05, 0.1) is 23.3 Å². The van der Waals surface area contributed by atoms with Gasteiger partial charge in [0, 0.05) is 37.3 Å². The number of hydrogen-bond acceptors (Lipinski definition) is 12. The van der Waals surface area contributed by atoms with E-state index in [2.05, 4.69) is 50.5 Å². The zero-order chi connectivity index (χ0) is 38.7. The van der Waals surface area contributed by atoms with Crippen LogP contribution in [-0.2, 0) is 14.8 Å². The van der Waals surface area contributed by atoms with Gasteiger partial charge in [0.1, 0.15) is 18.8 Å². The molecule has 0 bridgehead atoms. The fourth-order valence-electron chi connectivity index (χ4n) is 7.25. The number of nitrogens with zero attached hydrogens (tertiary/aromatic N) is 5. The number of sulfonamides is 1. The summed E-state index contributed by atoms with van der Waals surface area (Å²) in [6.45, 7) is 0.529. The molecule has 5 aromatic rings. The van der Waals surface area contributed by atoms with Gasteiger partial charge < -0.3 is 46.1 Å². The molecule has 9 N–H and O–H groups in total. The fourth-order valence-corrected chi connectivity index (χ4v) is 7.81. The lowest BCUT2D eigenvalue weighted by Gasteiger charge is -2.22. The molecule has 17 nitrogen and oxygen atoms in total. The number of carbonyl (C=O) groups is 2. The van der Waals surface area contributed by atoms with Gasteiger partial charge in [-0.2, -0.15) is 9.97 Å². The Hall–Kier alpha value is -5.37. The summed E-state index contributed by atoms with van der Waals surface area (Å²) >= 11 is 0. The van der Waals surface area contributed by atoms with Gasteiger partial charge in [-0.3, -0.25) is 4.79 Å². The zero-order valence-electron chi connectivity index (χ0n) is 30.0. The smallest absolute Gasteiger partial charge is 0.319 e. The first-order valence-corrected chi connectivity index (χ1v) is 19.3. The number of carbonyl (C=O) groups excluding carboxylic acids is 2. The van der Waals surface area contributed by atoms with Crippen molar-refractivity contribution in [1.29, 1.82) is 0 Å². The monoisotopic (exact) mass is 806 g/mol. The predicted molar refractivity (Wildman–Crippen MR) is 211 cm³/mol. The predicted octanol–water partition coefficient (Wildman–Crippen LogP) is 1.68. The highest BCUT2D eigenvalue weighted by Crippen LogP contribution is 2.35. The summed E-state index contributed by atoms with van der Waals surface area (Å²) in [5.41, 5.74) is 3.28. The topological polar surface area (TPSA) is 250 Å². The molecule has 0 spiro atoms. The number of fused-ring (bicyclic) bond motifs is 1. The molecule has 2 aromatic heterocycles. The number of urea groups is 1. The van der Waals surface area contributed by atoms with E-state index in [0.29, 0.717) is 49.0 Å². The van der Waals surface area contributed by atoms with Gasteiger partial charge in [-0.15, -0.1) is 12.4 Å². The van der Waals surface area contributed by atoms with Crippen molar-refractivity contribution in [3.05, 3.63) is 102 Å². The molecule has 3 aromatic carbocycles. The Bertz CT molecular complexity index is 2230. The lowest BCUT2D eigenvalue weighted by molar-refractivity contribution is -0.125. The van der Waals surface area contributed by atoms with Crippen molar-refractivity contribution in [2.75, 3.05) is 41.8 Å². The number of amides is 3. The van der Waals surface area contributed by atoms with E-state index in [1.54, 1.807) is 10.6 Å². The highest BCUT2D eigenvalue weighted by molar-refractivity contribution is 7.89. The Morgan fingerprint density at radius 3 is 2.29 bits per heavy atom. The molecule has 2 fully saturated rings. The number of anilines is 3. The minimum Gasteiger partial charge on any atom is -0.388 e. The summed E-state index contributed by atoms with van der Waals surface area (Å²) in [5, 5.41) is 48.1. The molecule has 19 heteroatoms. The first kappa shape index (κ1) is 40.3. The van der Waals surface area contributed by atoms with Gasteiger partial charge in [0.2, 0.25) is 21.9 Å². The van der Waals surface area contributed by atoms with Crippen LogP contribution in [0.2, 0.25) is 0 Å². The Morgan fingerprint density at radius 2 is 1.62 bits per heavy atom. The molecule has 0 unspecified atom stereocenters. The quantitative estimate of drug-likeness (QED) is 0.0898. The maximum atomic E-state index is 13.0. The van der Waals surface area contributed by atoms with Crippen LogP contribution in [0.15, 0.2) is 96.2 Å². The van der Waals surface area contributed by atoms with Crippen LogP contribution in [0.5, 0.6) is 0 Å². The number of nitrogens with two attached hydrogens (primary N) is 1. The Morgan fingerprint density at radius 1 is 0.929 bits per heavy atom. The molecule has 1 saturated carbocycles. The Labute approximate surface area is 328 Å². The van der Waals surface area contributed by atoms with Crippen LogP contribution in [-0.4, -0.2) is 106 Å². The van der Waals surface area contributed by atoms with E-state index in [0.717, 1.165) is 11.1 Å². The molecule has 1 saturated heterocycles. The number of aliphatic hydroxyl groups is 3. The molecule has 296 valence electrons. The van der Waals surface area contributed by atoms with Crippen molar-refractivity contribution >= 4 is 63.0 Å². The number of nitrogens with one attached hydrogen (secondary N) is 4. The number of benzene rings is 3. The maximum Gasteiger partial charge on any atom is 0.319 e. The van der Waals surface area contributed by atoms with E-state index in [1.165, 1.54) is 24.5 Å². The van der Waals surface area contributed by atoms with Gasteiger partial charge in [-0.25, -0.2) is 23.3 Å². The van der Waals surface area contributed by atoms with E-state index in [-0.39, 0.29) is 41.4 Å². The molecule has 1 aliphatic heterocycles. The third-order valence-corrected chi connectivity index (χ3v) is 10.9. The van der Waals surface area contributed by atoms with Crippen LogP contribution in [0.4, 0.5) is 22.2 Å². The van der Waals surface area contributed by atoms with Crippen molar-refractivity contribution in [3.63, 3.8) is 0 Å². The first-order valence-electron chi connectivity index (χ1n) is 17.8. The standard InChI is InChI=1S/C37H42N10O7S.ClH/c38-55(53,54)26-13-7-12-24(16-26)41-37(52)42-25-14-15-46(19-25)36-44-34(39-18-27(22-8-3-1-4-9-22)23-10-5-2-6-11-23)31-35(45-36)47(21-40-31)29-17-28(32(50)33(29)51)43-30(49)20-48;/h1-13,16,21,25,27-29,32-33,48,50-51H,14-15,17-20H2,(H,43,49)(H2,38,53,54)(H,39,44,45)(H2,41,42,52);1H/t25-,28+,29-,32-,33+;/m1./s1. The average molecular weight is 807 g/mol. The number of aromatic nitrogens is 4. The molecular formula is C37H43ClN10O7S. The molecule has 56 heavy (non-hydrogen) atoms. The lowest BCUT2D eigenvalue weighted by Crippen LogP contribution is -2.44. The summed E-state index contributed by atoms with van der Waals surface area (Å²) in [4.78, 5) is 41.2. The molecule has 1 aliphatic carbocycles. The SMILES string of the molecule is Cl.NS(=O)(=O)c1cccc(NC(=O)N[C@@H]2CCN(c3nc(NCC(c4ccccc4)c4ccccc4)c4ncn([C@@H]5C[C@H](NC(=O)CO)[C@@H](O)[C@H]5O)c4n3)C2)c1. The highest BCUT2D eigenvalue weighted by atomic mass is 35.5. The Balaban J connectivity index is 0.00000532. The van der Waals surface area contributed by atoms with E-state index in [1.807, 2.05) is 41.3 Å². The number of primary sulfonamides is 1. The van der Waals surface area contributed by atoms with Crippen molar-refractivity contribution in [2.45, 2.75) is 54.0 Å². The second kappa shape index (κ2) is 17.2. The third-order valence-electron chi connectivity index (χ3n) is 10.0. The highest BCUT2D eigenvalue weighted by Gasteiger charge is 2.44. The van der Waals surface area contributed by atoms with Crippen LogP contribution in [0.1, 0.15) is 35.9 Å². The summed E-state index contributed by atoms with van der Waals surface area (Å²) in [6, 6.07) is 23.4.